The summed E-state index contributed by atoms with van der Waals surface area (Å²) in [5.74, 6) is -0.150. The van der Waals surface area contributed by atoms with E-state index >= 15 is 0 Å². The van der Waals surface area contributed by atoms with Gasteiger partial charge in [-0.05, 0) is 43.3 Å². The van der Waals surface area contributed by atoms with Crippen molar-refractivity contribution in [2.45, 2.75) is 6.92 Å². The lowest BCUT2D eigenvalue weighted by molar-refractivity contribution is -0.114. The summed E-state index contributed by atoms with van der Waals surface area (Å²) in [5.41, 5.74) is 2.37. The highest BCUT2D eigenvalue weighted by atomic mass is 16.4. The second-order valence-corrected chi connectivity index (χ2v) is 6.28. The number of amides is 1. The molecule has 2 aromatic carbocycles. The number of carboxylic acid groups (broad SMARTS) is 1. The molecular formula is C22H16N2O4. The molecule has 1 amide bonds. The van der Waals surface area contributed by atoms with E-state index in [2.05, 4.69) is 5.10 Å². The maximum absolute atomic E-state index is 12.8. The highest BCUT2D eigenvalue weighted by Gasteiger charge is 2.29. The summed E-state index contributed by atoms with van der Waals surface area (Å²) in [6.45, 7) is 1.73. The summed E-state index contributed by atoms with van der Waals surface area (Å²) in [5, 5.41) is 14.6. The number of hydrazone groups is 1. The molecule has 138 valence electrons. The molecule has 0 radical (unpaired) electrons. The Kier molecular flexibility index (Phi) is 4.37. The van der Waals surface area contributed by atoms with Gasteiger partial charge in [-0.25, -0.2) is 4.79 Å². The van der Waals surface area contributed by atoms with Crippen molar-refractivity contribution in [2.24, 2.45) is 5.10 Å². The van der Waals surface area contributed by atoms with Crippen LogP contribution >= 0.6 is 0 Å². The van der Waals surface area contributed by atoms with Gasteiger partial charge in [0, 0.05) is 5.56 Å². The lowest BCUT2D eigenvalue weighted by atomic mass is 10.1. The summed E-state index contributed by atoms with van der Waals surface area (Å²) in [6, 6.07) is 19.4. The molecule has 1 N–H and O–H groups in total. The molecule has 0 atom stereocenters. The van der Waals surface area contributed by atoms with E-state index < -0.39 is 5.97 Å². The molecule has 1 aromatic heterocycles. The number of aromatic carboxylic acids is 1. The van der Waals surface area contributed by atoms with Crippen LogP contribution in [0.3, 0.4) is 0 Å². The normalized spacial score (nSPS) is 15.2. The first kappa shape index (κ1) is 17.5. The number of carbonyl (C=O) groups is 2. The first-order valence-corrected chi connectivity index (χ1v) is 8.63. The quantitative estimate of drug-likeness (QED) is 0.686. The molecule has 0 spiro atoms. The number of carbonyl (C=O) groups excluding carboxylic acids is 1. The number of benzene rings is 2. The fourth-order valence-electron chi connectivity index (χ4n) is 2.96. The molecule has 4 rings (SSSR count). The molecule has 0 saturated carbocycles. The molecule has 0 bridgehead atoms. The van der Waals surface area contributed by atoms with Crippen molar-refractivity contribution < 1.29 is 19.1 Å². The van der Waals surface area contributed by atoms with Crippen LogP contribution < -0.4 is 5.01 Å². The Morgan fingerprint density at radius 1 is 1.07 bits per heavy atom. The van der Waals surface area contributed by atoms with Gasteiger partial charge in [0.2, 0.25) is 0 Å². The summed E-state index contributed by atoms with van der Waals surface area (Å²) in [6.07, 6.45) is 1.65. The molecule has 0 aliphatic carbocycles. The van der Waals surface area contributed by atoms with Crippen molar-refractivity contribution in [3.8, 4) is 11.3 Å². The Morgan fingerprint density at radius 2 is 1.86 bits per heavy atom. The monoisotopic (exact) mass is 372 g/mol. The van der Waals surface area contributed by atoms with Gasteiger partial charge in [-0.1, -0.05) is 36.4 Å². The van der Waals surface area contributed by atoms with Crippen molar-refractivity contribution in [1.29, 1.82) is 0 Å². The summed E-state index contributed by atoms with van der Waals surface area (Å²) in [4.78, 5) is 24.0. The van der Waals surface area contributed by atoms with E-state index in [4.69, 9.17) is 9.52 Å². The zero-order chi connectivity index (χ0) is 19.7. The first-order chi connectivity index (χ1) is 13.5. The fourth-order valence-corrected chi connectivity index (χ4v) is 2.96. The molecule has 2 heterocycles. The lowest BCUT2D eigenvalue weighted by Crippen LogP contribution is -2.21. The van der Waals surface area contributed by atoms with Crippen LogP contribution in [0.2, 0.25) is 0 Å². The molecular weight excluding hydrogens is 356 g/mol. The number of anilines is 1. The largest absolute Gasteiger partial charge is 0.478 e. The van der Waals surface area contributed by atoms with Crippen LogP contribution in [0.4, 0.5) is 5.69 Å². The van der Waals surface area contributed by atoms with Crippen molar-refractivity contribution in [3.63, 3.8) is 0 Å². The van der Waals surface area contributed by atoms with Crippen LogP contribution in [-0.4, -0.2) is 22.7 Å². The van der Waals surface area contributed by atoms with Gasteiger partial charge in [-0.15, -0.1) is 0 Å². The van der Waals surface area contributed by atoms with Gasteiger partial charge in [0.1, 0.15) is 11.5 Å². The lowest BCUT2D eigenvalue weighted by Gasteiger charge is -2.12. The molecule has 3 aromatic rings. The summed E-state index contributed by atoms with van der Waals surface area (Å²) < 4.78 is 5.84. The molecule has 6 heteroatoms. The number of nitrogens with zero attached hydrogens (tertiary/aromatic N) is 2. The maximum Gasteiger partial charge on any atom is 0.335 e. The van der Waals surface area contributed by atoms with Crippen molar-refractivity contribution >= 4 is 29.4 Å². The van der Waals surface area contributed by atoms with E-state index in [9.17, 15) is 9.59 Å². The zero-order valence-electron chi connectivity index (χ0n) is 15.0. The van der Waals surface area contributed by atoms with Gasteiger partial charge in [0.25, 0.3) is 5.91 Å². The molecule has 6 nitrogen and oxygen atoms in total. The predicted octanol–water partition coefficient (Wildman–Crippen LogP) is 4.45. The molecule has 0 saturated heterocycles. The third kappa shape index (κ3) is 3.23. The van der Waals surface area contributed by atoms with E-state index in [0.29, 0.717) is 28.5 Å². The smallest absolute Gasteiger partial charge is 0.335 e. The maximum atomic E-state index is 12.8. The van der Waals surface area contributed by atoms with Gasteiger partial charge < -0.3 is 9.52 Å². The Hall–Kier alpha value is -3.93. The second kappa shape index (κ2) is 7.00. The summed E-state index contributed by atoms with van der Waals surface area (Å²) in [7, 11) is 0. The first-order valence-electron chi connectivity index (χ1n) is 8.63. The minimum Gasteiger partial charge on any atom is -0.478 e. The number of hydrogen-bond donors (Lipinski definition) is 1. The van der Waals surface area contributed by atoms with Crippen molar-refractivity contribution in [2.75, 3.05) is 5.01 Å². The van der Waals surface area contributed by atoms with E-state index in [-0.39, 0.29) is 11.5 Å². The van der Waals surface area contributed by atoms with E-state index in [1.165, 1.54) is 17.1 Å². The number of furan rings is 1. The third-order valence-corrected chi connectivity index (χ3v) is 4.37. The van der Waals surface area contributed by atoms with Gasteiger partial charge in [-0.3, -0.25) is 4.79 Å². The van der Waals surface area contributed by atoms with Crippen LogP contribution in [0, 0.1) is 0 Å². The average molecular weight is 372 g/mol. The van der Waals surface area contributed by atoms with E-state index in [0.717, 1.165) is 5.56 Å². The van der Waals surface area contributed by atoms with Gasteiger partial charge >= 0.3 is 5.97 Å². The minimum absolute atomic E-state index is 0.0918. The Balaban J connectivity index is 1.63. The average Bonchev–Trinajstić information content (AvgIpc) is 3.29. The Labute approximate surface area is 161 Å². The van der Waals surface area contributed by atoms with Crippen LogP contribution in [-0.2, 0) is 4.79 Å². The number of rotatable bonds is 4. The van der Waals surface area contributed by atoms with Crippen LogP contribution in [0.15, 0.2) is 81.8 Å². The summed E-state index contributed by atoms with van der Waals surface area (Å²) >= 11 is 0. The van der Waals surface area contributed by atoms with Gasteiger partial charge in [0.15, 0.2) is 0 Å². The molecule has 28 heavy (non-hydrogen) atoms. The zero-order valence-corrected chi connectivity index (χ0v) is 15.0. The minimum atomic E-state index is -1.06. The van der Waals surface area contributed by atoms with E-state index in [1.54, 1.807) is 31.2 Å². The topological polar surface area (TPSA) is 83.1 Å². The van der Waals surface area contributed by atoms with Crippen molar-refractivity contribution in [1.82, 2.24) is 0 Å². The second-order valence-electron chi connectivity index (χ2n) is 6.28. The van der Waals surface area contributed by atoms with E-state index in [1.807, 2.05) is 36.4 Å². The highest BCUT2D eigenvalue weighted by molar-refractivity contribution is 6.32. The van der Waals surface area contributed by atoms with Gasteiger partial charge in [-0.2, -0.15) is 10.1 Å². The van der Waals surface area contributed by atoms with Gasteiger partial charge in [0.05, 0.1) is 22.5 Å². The molecule has 0 fully saturated rings. The molecule has 1 aliphatic rings. The SMILES string of the molecule is CC1=NN(c2cccc(C(=O)O)c2)C(=O)/C1=C\c1ccc(-c2ccccc2)o1. The predicted molar refractivity (Wildman–Crippen MR) is 106 cm³/mol. The fraction of sp³-hybridized carbons (Fsp3) is 0.0455. The van der Waals surface area contributed by atoms with Crippen molar-refractivity contribution in [3.05, 3.63) is 83.6 Å². The standard InChI is InChI=1S/C22H16N2O4/c1-14-19(13-18-10-11-20(28-18)15-6-3-2-4-7-15)21(25)24(23-14)17-9-5-8-16(12-17)22(26)27/h2-13H,1H3,(H,26,27)/b19-13-. The van der Waals surface area contributed by atoms with Crippen LogP contribution in [0.1, 0.15) is 23.0 Å². The number of hydrogen-bond acceptors (Lipinski definition) is 4. The highest BCUT2D eigenvalue weighted by Crippen LogP contribution is 2.28. The Morgan fingerprint density at radius 3 is 2.61 bits per heavy atom. The third-order valence-electron chi connectivity index (χ3n) is 4.37. The van der Waals surface area contributed by atoms with Crippen LogP contribution in [0.5, 0.6) is 0 Å². The molecule has 1 aliphatic heterocycles. The molecule has 0 unspecified atom stereocenters. The van der Waals surface area contributed by atoms with Crippen LogP contribution in [0.25, 0.3) is 17.4 Å². The Bertz CT molecular complexity index is 1130. The number of carboxylic acids is 1.